The zero-order valence-electron chi connectivity index (χ0n) is 15.4. The molecule has 1 N–H and O–H groups in total. The summed E-state index contributed by atoms with van der Waals surface area (Å²) in [6, 6.07) is 12.0. The first-order valence-corrected chi connectivity index (χ1v) is 9.77. The largest absolute Gasteiger partial charge is 0.490 e. The topological polar surface area (TPSA) is 41.6 Å². The summed E-state index contributed by atoms with van der Waals surface area (Å²) in [5.41, 5.74) is 2.36. The number of nitrogens with zero attached hydrogens (tertiary/aromatic N) is 1. The van der Waals surface area contributed by atoms with Gasteiger partial charge in [0.15, 0.2) is 0 Å². The van der Waals surface area contributed by atoms with Crippen LogP contribution < -0.4 is 10.1 Å². The second kappa shape index (κ2) is 8.09. The van der Waals surface area contributed by atoms with E-state index in [2.05, 4.69) is 5.32 Å². The number of benzene rings is 2. The van der Waals surface area contributed by atoms with E-state index >= 15 is 0 Å². The molecule has 1 aliphatic carbocycles. The van der Waals surface area contributed by atoms with E-state index in [1.54, 1.807) is 12.1 Å². The summed E-state index contributed by atoms with van der Waals surface area (Å²) in [5.74, 6) is 0.530. The molecule has 1 saturated heterocycles. The van der Waals surface area contributed by atoms with Crippen LogP contribution in [0.5, 0.6) is 5.75 Å². The van der Waals surface area contributed by atoms with Crippen molar-refractivity contribution in [2.45, 2.75) is 31.8 Å². The highest BCUT2D eigenvalue weighted by Gasteiger charge is 2.22. The Balaban J connectivity index is 1.66. The van der Waals surface area contributed by atoms with Crippen molar-refractivity contribution in [2.24, 2.45) is 0 Å². The summed E-state index contributed by atoms with van der Waals surface area (Å²) in [4.78, 5) is 14.8. The lowest BCUT2D eigenvalue weighted by atomic mass is 10.0. The molecule has 2 fully saturated rings. The Morgan fingerprint density at radius 1 is 1.04 bits per heavy atom. The minimum absolute atomic E-state index is 0.0345. The fourth-order valence-corrected chi connectivity index (χ4v) is 3.86. The van der Waals surface area contributed by atoms with Crippen LogP contribution in [0.15, 0.2) is 42.5 Å². The first-order valence-electron chi connectivity index (χ1n) is 9.77. The third kappa shape index (κ3) is 4.14. The molecule has 4 rings (SSSR count). The Morgan fingerprint density at radius 2 is 1.74 bits per heavy atom. The lowest BCUT2D eigenvalue weighted by Crippen LogP contribution is -2.46. The first-order chi connectivity index (χ1) is 13.2. The second-order valence-corrected chi connectivity index (χ2v) is 7.28. The molecular weight excluding hydrogens is 343 g/mol. The van der Waals surface area contributed by atoms with Gasteiger partial charge in [0, 0.05) is 37.3 Å². The standard InChI is InChI=1S/C22H25FN2O2/c23-18-8-5-16(6-9-18)20-15-17(22(26)25-13-11-24-12-14-25)7-10-21(20)27-19-3-1-2-4-19/h5-10,15,19,24H,1-4,11-14H2. The van der Waals surface area contributed by atoms with E-state index < -0.39 is 0 Å². The molecule has 4 nitrogen and oxygen atoms in total. The van der Waals surface area contributed by atoms with Gasteiger partial charge in [0.25, 0.3) is 5.91 Å². The van der Waals surface area contributed by atoms with Crippen molar-refractivity contribution in [1.82, 2.24) is 10.2 Å². The highest BCUT2D eigenvalue weighted by atomic mass is 19.1. The van der Waals surface area contributed by atoms with E-state index in [0.717, 1.165) is 42.8 Å². The molecule has 1 aliphatic heterocycles. The Hall–Kier alpha value is -2.40. The van der Waals surface area contributed by atoms with Gasteiger partial charge in [0.1, 0.15) is 11.6 Å². The lowest BCUT2D eigenvalue weighted by Gasteiger charge is -2.28. The summed E-state index contributed by atoms with van der Waals surface area (Å²) in [7, 11) is 0. The maximum Gasteiger partial charge on any atom is 0.253 e. The predicted octanol–water partition coefficient (Wildman–Crippen LogP) is 3.86. The third-order valence-corrected chi connectivity index (χ3v) is 5.38. The van der Waals surface area contributed by atoms with Crippen molar-refractivity contribution in [3.63, 3.8) is 0 Å². The molecule has 0 unspecified atom stereocenters. The summed E-state index contributed by atoms with van der Waals surface area (Å²) in [6.45, 7) is 3.06. The van der Waals surface area contributed by atoms with E-state index in [4.69, 9.17) is 4.74 Å². The van der Waals surface area contributed by atoms with Crippen molar-refractivity contribution in [2.75, 3.05) is 26.2 Å². The van der Waals surface area contributed by atoms with Gasteiger partial charge in [-0.1, -0.05) is 12.1 Å². The minimum Gasteiger partial charge on any atom is -0.490 e. The van der Waals surface area contributed by atoms with Crippen LogP contribution >= 0.6 is 0 Å². The van der Waals surface area contributed by atoms with Crippen LogP contribution in [-0.4, -0.2) is 43.1 Å². The van der Waals surface area contributed by atoms with Crippen molar-refractivity contribution >= 4 is 5.91 Å². The highest BCUT2D eigenvalue weighted by molar-refractivity contribution is 5.96. The summed E-state index contributed by atoms with van der Waals surface area (Å²) < 4.78 is 19.6. The molecule has 0 radical (unpaired) electrons. The monoisotopic (exact) mass is 368 g/mol. The van der Waals surface area contributed by atoms with Crippen LogP contribution in [0.4, 0.5) is 4.39 Å². The van der Waals surface area contributed by atoms with Crippen LogP contribution in [0.3, 0.4) is 0 Å². The van der Waals surface area contributed by atoms with E-state index in [-0.39, 0.29) is 17.8 Å². The van der Waals surface area contributed by atoms with Gasteiger partial charge in [-0.2, -0.15) is 0 Å². The molecular formula is C22H25FN2O2. The van der Waals surface area contributed by atoms with Crippen LogP contribution in [0.1, 0.15) is 36.0 Å². The SMILES string of the molecule is O=C(c1ccc(OC2CCCC2)c(-c2ccc(F)cc2)c1)N1CCNCC1. The maximum absolute atomic E-state index is 13.4. The molecule has 1 saturated carbocycles. The van der Waals surface area contributed by atoms with Gasteiger partial charge in [-0.3, -0.25) is 4.79 Å². The Labute approximate surface area is 159 Å². The van der Waals surface area contributed by atoms with Crippen LogP contribution in [-0.2, 0) is 0 Å². The molecule has 5 heteroatoms. The van der Waals surface area contributed by atoms with Crippen LogP contribution in [0.25, 0.3) is 11.1 Å². The molecule has 2 aliphatic rings. The van der Waals surface area contributed by atoms with Crippen molar-refractivity contribution in [3.05, 3.63) is 53.8 Å². The second-order valence-electron chi connectivity index (χ2n) is 7.28. The number of ether oxygens (including phenoxy) is 1. The number of nitrogens with one attached hydrogen (secondary N) is 1. The predicted molar refractivity (Wildman–Crippen MR) is 103 cm³/mol. The first kappa shape index (κ1) is 18.0. The molecule has 2 aromatic carbocycles. The Morgan fingerprint density at radius 3 is 2.44 bits per heavy atom. The van der Waals surface area contributed by atoms with Gasteiger partial charge >= 0.3 is 0 Å². The van der Waals surface area contributed by atoms with E-state index in [0.29, 0.717) is 18.7 Å². The van der Waals surface area contributed by atoms with E-state index in [1.165, 1.54) is 25.0 Å². The molecule has 2 aromatic rings. The van der Waals surface area contributed by atoms with Crippen molar-refractivity contribution in [1.29, 1.82) is 0 Å². The molecule has 0 spiro atoms. The van der Waals surface area contributed by atoms with Gasteiger partial charge in [-0.15, -0.1) is 0 Å². The van der Waals surface area contributed by atoms with Crippen LogP contribution in [0.2, 0.25) is 0 Å². The number of halogens is 1. The number of rotatable bonds is 4. The number of amides is 1. The molecule has 0 aromatic heterocycles. The summed E-state index contributed by atoms with van der Waals surface area (Å²) >= 11 is 0. The molecule has 0 atom stereocenters. The lowest BCUT2D eigenvalue weighted by molar-refractivity contribution is 0.0736. The number of hydrogen-bond acceptors (Lipinski definition) is 3. The average Bonchev–Trinajstić information content (AvgIpc) is 3.22. The highest BCUT2D eigenvalue weighted by Crippen LogP contribution is 2.34. The van der Waals surface area contributed by atoms with Gasteiger partial charge < -0.3 is 15.0 Å². The van der Waals surface area contributed by atoms with Crippen molar-refractivity contribution < 1.29 is 13.9 Å². The molecule has 0 bridgehead atoms. The fourth-order valence-electron chi connectivity index (χ4n) is 3.86. The van der Waals surface area contributed by atoms with Crippen molar-refractivity contribution in [3.8, 4) is 16.9 Å². The smallest absolute Gasteiger partial charge is 0.253 e. The Bertz CT molecular complexity index is 794. The van der Waals surface area contributed by atoms with E-state index in [9.17, 15) is 9.18 Å². The zero-order chi connectivity index (χ0) is 18.6. The van der Waals surface area contributed by atoms with Crippen LogP contribution in [0, 0.1) is 5.82 Å². The zero-order valence-corrected chi connectivity index (χ0v) is 15.4. The molecule has 1 heterocycles. The van der Waals surface area contributed by atoms with Gasteiger partial charge in [-0.25, -0.2) is 4.39 Å². The Kier molecular flexibility index (Phi) is 5.39. The maximum atomic E-state index is 13.4. The third-order valence-electron chi connectivity index (χ3n) is 5.38. The fraction of sp³-hybridized carbons (Fsp3) is 0.409. The molecule has 142 valence electrons. The molecule has 27 heavy (non-hydrogen) atoms. The average molecular weight is 368 g/mol. The van der Waals surface area contributed by atoms with E-state index in [1.807, 2.05) is 23.1 Å². The number of carbonyl (C=O) groups is 1. The van der Waals surface area contributed by atoms with Gasteiger partial charge in [0.05, 0.1) is 6.10 Å². The quantitative estimate of drug-likeness (QED) is 0.891. The minimum atomic E-state index is -0.273. The summed E-state index contributed by atoms with van der Waals surface area (Å²) in [5, 5.41) is 3.26. The molecule has 1 amide bonds. The number of hydrogen-bond donors (Lipinski definition) is 1. The summed E-state index contributed by atoms with van der Waals surface area (Å²) in [6.07, 6.45) is 4.72. The normalized spacial score (nSPS) is 17.9. The van der Waals surface area contributed by atoms with Gasteiger partial charge in [0.2, 0.25) is 0 Å². The number of carbonyl (C=O) groups excluding carboxylic acids is 1. The van der Waals surface area contributed by atoms with Gasteiger partial charge in [-0.05, 0) is 61.6 Å². The number of piperazine rings is 1.